The molecule has 0 bridgehead atoms. The molecule has 0 unspecified atom stereocenters. The van der Waals surface area contributed by atoms with Gasteiger partial charge in [0.15, 0.2) is 11.5 Å². The van der Waals surface area contributed by atoms with Gasteiger partial charge < -0.3 is 24.1 Å². The van der Waals surface area contributed by atoms with Crippen molar-refractivity contribution in [1.82, 2.24) is 5.16 Å². The Balaban J connectivity index is 1.68. The van der Waals surface area contributed by atoms with E-state index in [9.17, 15) is 18.5 Å². The van der Waals surface area contributed by atoms with E-state index in [0.29, 0.717) is 11.4 Å². The topological polar surface area (TPSA) is 153 Å². The molecule has 0 saturated carbocycles. The van der Waals surface area contributed by atoms with E-state index in [0.717, 1.165) is 11.3 Å². The van der Waals surface area contributed by atoms with Crippen LogP contribution >= 0.6 is 22.9 Å². The molecule has 0 fully saturated rings. The number of hydrogen-bond acceptors (Lipinski definition) is 10. The van der Waals surface area contributed by atoms with Gasteiger partial charge in [0.25, 0.3) is 21.8 Å². The Labute approximate surface area is 190 Å². The third-order valence-electron chi connectivity index (χ3n) is 4.33. The van der Waals surface area contributed by atoms with Gasteiger partial charge >= 0.3 is 0 Å². The number of anilines is 2. The zero-order valence-corrected chi connectivity index (χ0v) is 18.8. The summed E-state index contributed by atoms with van der Waals surface area (Å²) in [6.45, 7) is 1.47. The molecule has 2 N–H and O–H groups in total. The first-order chi connectivity index (χ1) is 15.3. The average molecular weight is 497 g/mol. The van der Waals surface area contributed by atoms with Crippen molar-refractivity contribution in [3.05, 3.63) is 38.7 Å². The van der Waals surface area contributed by atoms with Gasteiger partial charge in [-0.15, -0.1) is 11.3 Å². The lowest BCUT2D eigenvalue weighted by atomic mass is 10.1. The van der Waals surface area contributed by atoms with Crippen LogP contribution in [0.4, 0.5) is 11.6 Å². The van der Waals surface area contributed by atoms with Crippen molar-refractivity contribution in [2.24, 2.45) is 0 Å². The van der Waals surface area contributed by atoms with Gasteiger partial charge in [0.1, 0.15) is 32.2 Å². The smallest absolute Gasteiger partial charge is 0.267 e. The molecule has 14 heteroatoms. The highest BCUT2D eigenvalue weighted by atomic mass is 35.5. The Morgan fingerprint density at radius 1 is 1.41 bits per heavy atom. The maximum absolute atomic E-state index is 13.0. The quantitative estimate of drug-likeness (QED) is 0.522. The van der Waals surface area contributed by atoms with Crippen molar-refractivity contribution in [1.29, 1.82) is 5.26 Å². The zero-order valence-electron chi connectivity index (χ0n) is 16.4. The van der Waals surface area contributed by atoms with Crippen molar-refractivity contribution < 1.29 is 31.9 Å². The van der Waals surface area contributed by atoms with Crippen molar-refractivity contribution in [2.45, 2.75) is 11.8 Å². The molecule has 166 valence electrons. The molecule has 0 spiro atoms. The number of aryl methyl sites for hydroxylation is 1. The van der Waals surface area contributed by atoms with Crippen LogP contribution in [0, 0.1) is 18.3 Å². The first-order valence-corrected chi connectivity index (χ1v) is 11.4. The lowest BCUT2D eigenvalue weighted by molar-refractivity contribution is 0.102. The summed E-state index contributed by atoms with van der Waals surface area (Å²) in [5.41, 5.74) is 0.358. The minimum Gasteiger partial charge on any atom is -0.491 e. The monoisotopic (exact) mass is 496 g/mol. The van der Waals surface area contributed by atoms with Crippen LogP contribution in [0.15, 0.2) is 26.9 Å². The van der Waals surface area contributed by atoms with Crippen molar-refractivity contribution in [3.8, 4) is 23.3 Å². The molecule has 1 amide bonds. The van der Waals surface area contributed by atoms with Crippen LogP contribution in [0.1, 0.15) is 20.9 Å². The summed E-state index contributed by atoms with van der Waals surface area (Å²) < 4.78 is 48.7. The maximum atomic E-state index is 13.0. The minimum absolute atomic E-state index is 0.00133. The van der Waals surface area contributed by atoms with Gasteiger partial charge in [-0.25, -0.2) is 13.1 Å². The van der Waals surface area contributed by atoms with Gasteiger partial charge in [0.05, 0.1) is 12.7 Å². The lowest BCUT2D eigenvalue weighted by Gasteiger charge is -2.14. The van der Waals surface area contributed by atoms with E-state index in [2.05, 4.69) is 15.2 Å². The molecule has 1 aliphatic rings. The third-order valence-corrected chi connectivity index (χ3v) is 7.19. The van der Waals surface area contributed by atoms with Crippen LogP contribution < -0.4 is 24.2 Å². The molecule has 11 nitrogen and oxygen atoms in total. The largest absolute Gasteiger partial charge is 0.491 e. The van der Waals surface area contributed by atoms with E-state index in [1.54, 1.807) is 6.92 Å². The summed E-state index contributed by atoms with van der Waals surface area (Å²) in [6, 6.07) is 4.59. The fourth-order valence-corrected chi connectivity index (χ4v) is 5.35. The van der Waals surface area contributed by atoms with E-state index < -0.39 is 15.9 Å². The summed E-state index contributed by atoms with van der Waals surface area (Å²) in [5.74, 6) is -0.468. The molecule has 0 aliphatic carbocycles. The first-order valence-electron chi connectivity index (χ1n) is 8.71. The number of amides is 1. The van der Waals surface area contributed by atoms with Gasteiger partial charge in [-0.1, -0.05) is 16.8 Å². The minimum atomic E-state index is -4.25. The number of methoxy groups -OCH3 is 1. The van der Waals surface area contributed by atoms with E-state index in [4.69, 9.17) is 30.3 Å². The number of nitriles is 1. The van der Waals surface area contributed by atoms with Crippen LogP contribution in [0.5, 0.6) is 17.2 Å². The van der Waals surface area contributed by atoms with Crippen LogP contribution in [-0.4, -0.2) is 33.4 Å². The predicted octanol–water partition coefficient (Wildman–Crippen LogP) is 3.36. The van der Waals surface area contributed by atoms with Gasteiger partial charge in [-0.2, -0.15) is 5.26 Å². The van der Waals surface area contributed by atoms with Crippen LogP contribution in [0.25, 0.3) is 0 Å². The number of carbonyl (C=O) groups is 1. The van der Waals surface area contributed by atoms with Gasteiger partial charge in [0.2, 0.25) is 12.5 Å². The van der Waals surface area contributed by atoms with E-state index in [-0.39, 0.29) is 50.2 Å². The number of thiophene rings is 1. The normalized spacial score (nSPS) is 12.3. The summed E-state index contributed by atoms with van der Waals surface area (Å²) in [4.78, 5) is 12.5. The number of carbonyl (C=O) groups excluding carboxylic acids is 1. The molecule has 0 radical (unpaired) electrons. The molecule has 0 atom stereocenters. The molecule has 4 rings (SSSR count). The fraction of sp³-hybridized carbons (Fsp3) is 0.167. The molecule has 0 saturated heterocycles. The van der Waals surface area contributed by atoms with Crippen LogP contribution in [-0.2, 0) is 10.0 Å². The van der Waals surface area contributed by atoms with Gasteiger partial charge in [0, 0.05) is 6.07 Å². The molecule has 2 aromatic heterocycles. The van der Waals surface area contributed by atoms with Crippen molar-refractivity contribution in [2.75, 3.05) is 23.9 Å². The molecule has 32 heavy (non-hydrogen) atoms. The second-order valence-corrected chi connectivity index (χ2v) is 9.21. The molecular weight excluding hydrogens is 484 g/mol. The Morgan fingerprint density at radius 3 is 2.84 bits per heavy atom. The fourth-order valence-electron chi connectivity index (χ4n) is 2.86. The van der Waals surface area contributed by atoms with Crippen LogP contribution in [0.3, 0.4) is 0 Å². The number of ether oxygens (including phenoxy) is 3. The van der Waals surface area contributed by atoms with Gasteiger partial charge in [-0.3, -0.25) is 4.79 Å². The van der Waals surface area contributed by atoms with E-state index >= 15 is 0 Å². The number of nitrogens with one attached hydrogen (secondary N) is 2. The third kappa shape index (κ3) is 3.68. The van der Waals surface area contributed by atoms with Gasteiger partial charge in [-0.05, 0) is 18.4 Å². The molecule has 1 aromatic carbocycles. The number of halogens is 1. The van der Waals surface area contributed by atoms with E-state index in [1.807, 2.05) is 6.07 Å². The summed E-state index contributed by atoms with van der Waals surface area (Å²) in [7, 11) is -2.91. The highest BCUT2D eigenvalue weighted by Crippen LogP contribution is 2.47. The number of rotatable bonds is 6. The number of hydrogen-bond donors (Lipinski definition) is 2. The highest BCUT2D eigenvalue weighted by Gasteiger charge is 2.30. The zero-order chi connectivity index (χ0) is 23.0. The predicted molar refractivity (Wildman–Crippen MR) is 113 cm³/mol. The molecule has 1 aliphatic heterocycles. The Morgan fingerprint density at radius 2 is 2.19 bits per heavy atom. The Kier molecular flexibility index (Phi) is 5.59. The SMILES string of the molecule is COc1c(NC(=O)c2sccc2S(=O)(=O)Nc2onc(C)c2Cl)c(C#N)cc2c1OCO2. The number of benzene rings is 1. The van der Waals surface area contributed by atoms with E-state index in [1.165, 1.54) is 24.6 Å². The Bertz CT molecular complexity index is 1370. The maximum Gasteiger partial charge on any atom is 0.267 e. The van der Waals surface area contributed by atoms with Crippen molar-refractivity contribution in [3.63, 3.8) is 0 Å². The molecular formula is C18H13ClN4O7S2. The summed E-state index contributed by atoms with van der Waals surface area (Å²) in [5, 5.41) is 17.1. The lowest BCUT2D eigenvalue weighted by Crippen LogP contribution is -2.19. The standard InChI is InChI=1S/C18H13ClN4O7S2/c1-8-12(19)18(30-22-8)23-32(25,26)11-3-4-31-16(11)17(24)21-13-9(6-20)5-10-14(15(13)27-2)29-7-28-10/h3-5,23H,7H2,1-2H3,(H,21,24). The second-order valence-electron chi connectivity index (χ2n) is 6.26. The summed E-state index contributed by atoms with van der Waals surface area (Å²) in [6.07, 6.45) is 0. The molecule has 3 aromatic rings. The highest BCUT2D eigenvalue weighted by molar-refractivity contribution is 7.93. The number of sulfonamides is 1. The second kappa shape index (κ2) is 8.23. The number of fused-ring (bicyclic) bond motifs is 1. The number of aromatic nitrogens is 1. The molecule has 3 heterocycles. The van der Waals surface area contributed by atoms with Crippen LogP contribution in [0.2, 0.25) is 5.02 Å². The summed E-state index contributed by atoms with van der Waals surface area (Å²) >= 11 is 6.86. The first kappa shape index (κ1) is 21.8. The Hall–Kier alpha value is -3.47. The average Bonchev–Trinajstić information content (AvgIpc) is 3.50. The van der Waals surface area contributed by atoms with Crippen molar-refractivity contribution >= 4 is 50.4 Å². The number of nitrogens with zero attached hydrogens (tertiary/aromatic N) is 2.